The van der Waals surface area contributed by atoms with Crippen molar-refractivity contribution in [2.24, 2.45) is 0 Å². The Morgan fingerprint density at radius 1 is 0.733 bits per heavy atom. The lowest BCUT2D eigenvalue weighted by Gasteiger charge is -2.25. The van der Waals surface area contributed by atoms with Crippen molar-refractivity contribution in [3.05, 3.63) is 58.6 Å². The van der Waals surface area contributed by atoms with E-state index in [0.29, 0.717) is 10.0 Å². The lowest BCUT2D eigenvalue weighted by molar-refractivity contribution is -0.870. The van der Waals surface area contributed by atoms with Gasteiger partial charge in [0.1, 0.15) is 18.7 Å². The van der Waals surface area contributed by atoms with Crippen LogP contribution in [-0.2, 0) is 19.2 Å². The molecule has 256 valence electrons. The summed E-state index contributed by atoms with van der Waals surface area (Å²) in [5.41, 5.74) is -0.794. The minimum absolute atomic E-state index is 0.281. The van der Waals surface area contributed by atoms with Gasteiger partial charge in [0.05, 0.1) is 84.4 Å². The van der Waals surface area contributed by atoms with Crippen LogP contribution in [0.2, 0.25) is 10.0 Å². The van der Waals surface area contributed by atoms with Gasteiger partial charge in [-0.25, -0.2) is 0 Å². The van der Waals surface area contributed by atoms with Crippen molar-refractivity contribution in [2.45, 2.75) is 25.4 Å². The van der Waals surface area contributed by atoms with E-state index in [1.807, 2.05) is 42.5 Å². The molecule has 15 heteroatoms. The second kappa shape index (κ2) is 23.1. The first-order valence-electron chi connectivity index (χ1n) is 13.3. The van der Waals surface area contributed by atoms with Gasteiger partial charge in [0.15, 0.2) is 0 Å². The van der Waals surface area contributed by atoms with Gasteiger partial charge in [0.2, 0.25) is 0 Å². The zero-order chi connectivity index (χ0) is 36.0. The molecule has 13 nitrogen and oxygen atoms in total. The van der Waals surface area contributed by atoms with Crippen LogP contribution in [0.15, 0.2) is 48.5 Å². The molecule has 0 spiro atoms. The molecule has 0 aliphatic rings. The van der Waals surface area contributed by atoms with Crippen molar-refractivity contribution < 1.29 is 63.9 Å². The van der Waals surface area contributed by atoms with Crippen LogP contribution in [-0.4, -0.2) is 133 Å². The molecule has 0 amide bonds. The van der Waals surface area contributed by atoms with Gasteiger partial charge in [-0.05, 0) is 18.6 Å². The predicted molar refractivity (Wildman–Crippen MR) is 167 cm³/mol. The SMILES string of the molecule is CC(=O)[O-].C[N+](C)(C)CCO.C[N+](C)(C)CCO.Clc1cccc(-c2ccccc2)c1Cl.O=C(O)CC(O)(CC(=O)O)C(=O)[O-]. The quantitative estimate of drug-likeness (QED) is 0.214. The Balaban J connectivity index is -0.000000524. The number of aliphatic carboxylic acids is 4. The maximum atomic E-state index is 10.2. The normalized spacial score (nSPS) is 10.6. The Morgan fingerprint density at radius 3 is 1.38 bits per heavy atom. The second-order valence-corrected chi connectivity index (χ2v) is 12.2. The minimum Gasteiger partial charge on any atom is -0.550 e. The number of nitrogens with zero attached hydrogens (tertiary/aromatic N) is 2. The lowest BCUT2D eigenvalue weighted by Crippen LogP contribution is -2.51. The molecule has 0 bridgehead atoms. The average molecular weight is 682 g/mol. The van der Waals surface area contributed by atoms with Crippen molar-refractivity contribution in [2.75, 3.05) is 68.6 Å². The first kappa shape index (κ1) is 46.1. The van der Waals surface area contributed by atoms with Crippen LogP contribution in [0.3, 0.4) is 0 Å². The molecule has 45 heavy (non-hydrogen) atoms. The molecule has 0 aromatic heterocycles. The van der Waals surface area contributed by atoms with Crippen LogP contribution in [0.5, 0.6) is 0 Å². The van der Waals surface area contributed by atoms with E-state index in [0.717, 1.165) is 40.1 Å². The van der Waals surface area contributed by atoms with Crippen molar-refractivity contribution in [1.82, 2.24) is 0 Å². The molecular formula is C30H46Cl2N2O11. The summed E-state index contributed by atoms with van der Waals surface area (Å²) in [6.45, 7) is 3.20. The topological polar surface area (TPSA) is 216 Å². The van der Waals surface area contributed by atoms with Crippen LogP contribution < -0.4 is 10.2 Å². The number of aliphatic hydroxyl groups is 3. The summed E-state index contributed by atoms with van der Waals surface area (Å²) in [6, 6.07) is 15.6. The van der Waals surface area contributed by atoms with Gasteiger partial charge in [-0.1, -0.05) is 65.7 Å². The number of hydrogen-bond acceptors (Lipinski definition) is 9. The highest BCUT2D eigenvalue weighted by Crippen LogP contribution is 2.32. The molecular weight excluding hydrogens is 635 g/mol. The van der Waals surface area contributed by atoms with Crippen LogP contribution in [0, 0.1) is 0 Å². The zero-order valence-electron chi connectivity index (χ0n) is 26.7. The molecule has 0 fully saturated rings. The molecule has 0 saturated carbocycles. The van der Waals surface area contributed by atoms with Crippen LogP contribution in [0.25, 0.3) is 11.1 Å². The van der Waals surface area contributed by atoms with Crippen LogP contribution in [0.1, 0.15) is 19.8 Å². The van der Waals surface area contributed by atoms with Crippen LogP contribution >= 0.6 is 23.2 Å². The highest BCUT2D eigenvalue weighted by atomic mass is 35.5. The average Bonchev–Trinajstić information content (AvgIpc) is 2.84. The van der Waals surface area contributed by atoms with Crippen molar-refractivity contribution in [3.8, 4) is 11.1 Å². The van der Waals surface area contributed by atoms with Gasteiger partial charge >= 0.3 is 11.9 Å². The maximum absolute atomic E-state index is 10.2. The number of quaternary nitrogens is 2. The molecule has 0 saturated heterocycles. The third-order valence-corrected chi connectivity index (χ3v) is 5.66. The molecule has 2 aromatic carbocycles. The Kier molecular flexibility index (Phi) is 23.7. The summed E-state index contributed by atoms with van der Waals surface area (Å²) >= 11 is 12.0. The fraction of sp³-hybridized carbons (Fsp3) is 0.467. The molecule has 2 rings (SSSR count). The van der Waals surface area contributed by atoms with Gasteiger partial charge in [-0.2, -0.15) is 0 Å². The highest BCUT2D eigenvalue weighted by molar-refractivity contribution is 6.43. The van der Waals surface area contributed by atoms with E-state index in [2.05, 4.69) is 42.3 Å². The van der Waals surface area contributed by atoms with E-state index in [1.165, 1.54) is 0 Å². The third kappa shape index (κ3) is 28.0. The second-order valence-electron chi connectivity index (χ2n) is 11.4. The van der Waals surface area contributed by atoms with Crippen molar-refractivity contribution in [1.29, 1.82) is 0 Å². The summed E-state index contributed by atoms with van der Waals surface area (Å²) in [4.78, 5) is 39.2. The fourth-order valence-corrected chi connectivity index (χ4v) is 3.06. The van der Waals surface area contributed by atoms with E-state index >= 15 is 0 Å². The summed E-state index contributed by atoms with van der Waals surface area (Å²) in [6.07, 6.45) is -2.41. The monoisotopic (exact) mass is 680 g/mol. The Morgan fingerprint density at radius 2 is 1.11 bits per heavy atom. The maximum Gasteiger partial charge on any atom is 0.306 e. The number of carboxylic acid groups (broad SMARTS) is 4. The molecule has 2 aromatic rings. The number of aliphatic hydroxyl groups excluding tert-OH is 2. The van der Waals surface area contributed by atoms with Crippen molar-refractivity contribution >= 4 is 47.1 Å². The standard InChI is InChI=1S/C12H8Cl2.C6H8O7.2C5H14NO.C2H4O2/c13-11-8-4-7-10(12(11)14)9-5-2-1-3-6-9;7-3(8)1-6(13,5(11)12)2-4(9)10;2*1-6(2,3)4-5-7;1-2(3)4/h1-8H;13H,1-2H2,(H,7,8)(H,9,10)(H,11,12);2*7H,4-5H2,1-3H3;1H3,(H,3,4)/q;;2*+1;/p-2. The summed E-state index contributed by atoms with van der Waals surface area (Å²) in [5, 5.41) is 62.4. The number of carboxylic acids is 4. The van der Waals surface area contributed by atoms with Gasteiger partial charge in [0.25, 0.3) is 0 Å². The van der Waals surface area contributed by atoms with Gasteiger partial charge in [-0.3, -0.25) is 9.59 Å². The molecule has 0 heterocycles. The number of hydrogen-bond donors (Lipinski definition) is 5. The van der Waals surface area contributed by atoms with Gasteiger partial charge in [-0.15, -0.1) is 0 Å². The number of benzene rings is 2. The molecule has 0 radical (unpaired) electrons. The molecule has 0 atom stereocenters. The smallest absolute Gasteiger partial charge is 0.306 e. The lowest BCUT2D eigenvalue weighted by atomic mass is 9.96. The van der Waals surface area contributed by atoms with Gasteiger partial charge < -0.3 is 54.3 Å². The Hall–Kier alpha value is -3.30. The largest absolute Gasteiger partial charge is 0.550 e. The van der Waals surface area contributed by atoms with E-state index in [1.54, 1.807) is 6.07 Å². The number of carbonyl (C=O) groups excluding carboxylic acids is 2. The summed E-state index contributed by atoms with van der Waals surface area (Å²) in [7, 11) is 12.3. The summed E-state index contributed by atoms with van der Waals surface area (Å²) < 4.78 is 1.69. The third-order valence-electron chi connectivity index (χ3n) is 4.85. The molecule has 5 N–H and O–H groups in total. The highest BCUT2D eigenvalue weighted by Gasteiger charge is 2.34. The summed E-state index contributed by atoms with van der Waals surface area (Å²) in [5.74, 6) is -6.43. The number of rotatable bonds is 10. The molecule has 0 aliphatic heterocycles. The Bertz CT molecular complexity index is 1130. The molecule has 0 aliphatic carbocycles. The zero-order valence-corrected chi connectivity index (χ0v) is 28.2. The number of likely N-dealkylation sites (N-methyl/N-ethyl adjacent to an activating group) is 2. The number of halogens is 2. The first-order valence-corrected chi connectivity index (χ1v) is 14.0. The van der Waals surface area contributed by atoms with Crippen LogP contribution in [0.4, 0.5) is 0 Å². The molecule has 0 unspecified atom stereocenters. The predicted octanol–water partition coefficient (Wildman–Crippen LogP) is 0.203. The minimum atomic E-state index is -2.85. The number of carbonyl (C=O) groups is 4. The fourth-order valence-electron chi connectivity index (χ4n) is 2.65. The van der Waals surface area contributed by atoms with E-state index in [4.69, 9.17) is 58.6 Å². The van der Waals surface area contributed by atoms with E-state index in [-0.39, 0.29) is 13.2 Å². The van der Waals surface area contributed by atoms with Gasteiger partial charge in [0, 0.05) is 11.5 Å². The first-order chi connectivity index (χ1) is 20.4. The Labute approximate surface area is 274 Å². The van der Waals surface area contributed by atoms with E-state index in [9.17, 15) is 19.5 Å². The van der Waals surface area contributed by atoms with E-state index < -0.39 is 42.3 Å². The van der Waals surface area contributed by atoms with Crippen molar-refractivity contribution in [3.63, 3.8) is 0 Å².